The van der Waals surface area contributed by atoms with Crippen LogP contribution in [0, 0.1) is 0 Å². The second-order valence-corrected chi connectivity index (χ2v) is 4.69. The van der Waals surface area contributed by atoms with Crippen molar-refractivity contribution in [3.8, 4) is 22.6 Å². The summed E-state index contributed by atoms with van der Waals surface area (Å²) in [5.74, 6) is -0.728. The third kappa shape index (κ3) is 6.39. The highest BCUT2D eigenvalue weighted by Crippen LogP contribution is 2.35. The summed E-state index contributed by atoms with van der Waals surface area (Å²) in [6.45, 7) is -0.184. The van der Waals surface area contributed by atoms with Crippen molar-refractivity contribution in [1.82, 2.24) is 9.78 Å². The van der Waals surface area contributed by atoms with E-state index in [0.29, 0.717) is 24.2 Å². The molecule has 5 nitrogen and oxygen atoms in total. The molecular weight excluding hydrogens is 373 g/mol. The normalized spacial score (nSPS) is 11.3. The fourth-order valence-corrected chi connectivity index (χ4v) is 1.97. The molecule has 0 unspecified atom stereocenters. The summed E-state index contributed by atoms with van der Waals surface area (Å²) < 4.78 is 71.8. The Morgan fingerprint density at radius 1 is 1.24 bits per heavy atom. The number of hydrogen-bond acceptors (Lipinski definition) is 4. The molecule has 0 spiro atoms. The van der Waals surface area contributed by atoms with Crippen molar-refractivity contribution in [3.63, 3.8) is 0 Å². The number of benzene rings is 1. The summed E-state index contributed by atoms with van der Waals surface area (Å²) in [4.78, 5) is 0. The first-order valence-electron chi connectivity index (χ1n) is 6.82. The first-order chi connectivity index (χ1) is 11.3. The van der Waals surface area contributed by atoms with Crippen LogP contribution in [0.5, 0.6) is 11.5 Å². The average molecular weight is 388 g/mol. The first kappa shape index (κ1) is 21.0. The molecule has 2 aromatic rings. The Kier molecular flexibility index (Phi) is 7.43. The van der Waals surface area contributed by atoms with Crippen LogP contribution in [0.4, 0.5) is 22.0 Å². The van der Waals surface area contributed by atoms with Crippen molar-refractivity contribution < 1.29 is 31.4 Å². The highest BCUT2D eigenvalue weighted by molar-refractivity contribution is 5.85. The van der Waals surface area contributed by atoms with Gasteiger partial charge in [-0.25, -0.2) is 8.78 Å². The number of hydrogen-bond donors (Lipinski definition) is 1. The average Bonchev–Trinajstić information content (AvgIpc) is 2.92. The first-order valence-corrected chi connectivity index (χ1v) is 6.82. The van der Waals surface area contributed by atoms with Crippen LogP contribution in [0.2, 0.25) is 0 Å². The van der Waals surface area contributed by atoms with Crippen molar-refractivity contribution in [3.05, 3.63) is 30.6 Å². The zero-order valence-corrected chi connectivity index (χ0v) is 13.5. The van der Waals surface area contributed by atoms with Crippen molar-refractivity contribution in [2.45, 2.75) is 19.3 Å². The minimum absolute atomic E-state index is 0. The number of rotatable bonds is 7. The van der Waals surface area contributed by atoms with E-state index < -0.39 is 25.1 Å². The van der Waals surface area contributed by atoms with E-state index >= 15 is 0 Å². The molecule has 0 aliphatic carbocycles. The van der Waals surface area contributed by atoms with Crippen LogP contribution in [0.3, 0.4) is 0 Å². The van der Waals surface area contributed by atoms with E-state index in [4.69, 9.17) is 10.5 Å². The Hall–Kier alpha value is -2.07. The van der Waals surface area contributed by atoms with Gasteiger partial charge in [0.2, 0.25) is 0 Å². The Morgan fingerprint density at radius 3 is 2.56 bits per heavy atom. The highest BCUT2D eigenvalue weighted by atomic mass is 35.5. The molecule has 1 heterocycles. The zero-order chi connectivity index (χ0) is 17.7. The van der Waals surface area contributed by atoms with Crippen LogP contribution >= 0.6 is 12.4 Å². The number of halogens is 6. The van der Waals surface area contributed by atoms with Crippen molar-refractivity contribution in [2.24, 2.45) is 5.73 Å². The summed E-state index contributed by atoms with van der Waals surface area (Å²) in [7, 11) is 0. The van der Waals surface area contributed by atoms with Gasteiger partial charge >= 0.3 is 6.36 Å². The maximum absolute atomic E-state index is 12.4. The number of ether oxygens (including phenoxy) is 2. The Bertz CT molecular complexity index is 679. The molecule has 0 aliphatic rings. The lowest BCUT2D eigenvalue weighted by Gasteiger charge is -2.14. The van der Waals surface area contributed by atoms with E-state index in [1.54, 1.807) is 6.20 Å². The van der Waals surface area contributed by atoms with Gasteiger partial charge in [-0.15, -0.1) is 25.6 Å². The molecule has 0 radical (unpaired) electrons. The monoisotopic (exact) mass is 387 g/mol. The molecule has 1 aromatic heterocycles. The van der Waals surface area contributed by atoms with Gasteiger partial charge in [0.1, 0.15) is 18.1 Å². The van der Waals surface area contributed by atoms with Gasteiger partial charge in [0, 0.05) is 29.9 Å². The maximum atomic E-state index is 12.4. The van der Waals surface area contributed by atoms with E-state index in [1.807, 2.05) is 0 Å². The zero-order valence-electron chi connectivity index (χ0n) is 12.7. The minimum atomic E-state index is -4.90. The van der Waals surface area contributed by atoms with Crippen molar-refractivity contribution in [1.29, 1.82) is 0 Å². The van der Waals surface area contributed by atoms with Crippen LogP contribution in [0.25, 0.3) is 11.1 Å². The van der Waals surface area contributed by atoms with Crippen LogP contribution in [0.1, 0.15) is 0 Å². The SMILES string of the molecule is Cl.NCCn1cc(-c2ccc(OC(F)(F)F)cc2OCC(F)F)cn1. The van der Waals surface area contributed by atoms with E-state index in [-0.39, 0.29) is 18.2 Å². The Labute approximate surface area is 145 Å². The van der Waals surface area contributed by atoms with Gasteiger partial charge in [-0.3, -0.25) is 4.68 Å². The van der Waals surface area contributed by atoms with E-state index in [2.05, 4.69) is 9.84 Å². The molecule has 0 bridgehead atoms. The smallest absolute Gasteiger partial charge is 0.487 e. The fourth-order valence-electron chi connectivity index (χ4n) is 1.97. The molecule has 1 aromatic carbocycles. The summed E-state index contributed by atoms with van der Waals surface area (Å²) in [5.41, 5.74) is 6.21. The summed E-state index contributed by atoms with van der Waals surface area (Å²) in [5, 5.41) is 4.02. The number of nitrogens with two attached hydrogens (primary N) is 1. The van der Waals surface area contributed by atoms with Gasteiger partial charge in [0.05, 0.1) is 12.7 Å². The van der Waals surface area contributed by atoms with Gasteiger partial charge in [0.15, 0.2) is 0 Å². The summed E-state index contributed by atoms with van der Waals surface area (Å²) in [6.07, 6.45) is -4.65. The highest BCUT2D eigenvalue weighted by Gasteiger charge is 2.31. The second-order valence-electron chi connectivity index (χ2n) is 4.69. The predicted octanol–water partition coefficient (Wildman–Crippen LogP) is 3.47. The molecule has 140 valence electrons. The maximum Gasteiger partial charge on any atom is 0.573 e. The lowest BCUT2D eigenvalue weighted by molar-refractivity contribution is -0.274. The topological polar surface area (TPSA) is 62.3 Å². The largest absolute Gasteiger partial charge is 0.573 e. The number of nitrogens with zero attached hydrogens (tertiary/aromatic N) is 2. The van der Waals surface area contributed by atoms with E-state index in [9.17, 15) is 22.0 Å². The third-order valence-electron chi connectivity index (χ3n) is 2.85. The van der Waals surface area contributed by atoms with Gasteiger partial charge < -0.3 is 15.2 Å². The summed E-state index contributed by atoms with van der Waals surface area (Å²) in [6, 6.07) is 3.26. The van der Waals surface area contributed by atoms with Crippen LogP contribution in [-0.4, -0.2) is 35.7 Å². The second kappa shape index (κ2) is 8.86. The van der Waals surface area contributed by atoms with Crippen LogP contribution < -0.4 is 15.2 Å². The molecule has 0 saturated carbocycles. The molecular formula is C14H15ClF5N3O2. The molecule has 0 amide bonds. The molecule has 25 heavy (non-hydrogen) atoms. The molecule has 2 rings (SSSR count). The lowest BCUT2D eigenvalue weighted by Crippen LogP contribution is -2.17. The van der Waals surface area contributed by atoms with E-state index in [0.717, 1.165) is 12.1 Å². The molecule has 0 aliphatic heterocycles. The standard InChI is InChI=1S/C14H14F5N3O2.ClH/c15-13(16)8-23-12-5-10(24-14(17,18)19)1-2-11(12)9-6-21-22(7-9)4-3-20;/h1-2,5-7,13H,3-4,8,20H2;1H. The van der Waals surface area contributed by atoms with Crippen molar-refractivity contribution in [2.75, 3.05) is 13.2 Å². The van der Waals surface area contributed by atoms with Crippen molar-refractivity contribution >= 4 is 12.4 Å². The summed E-state index contributed by atoms with van der Waals surface area (Å²) >= 11 is 0. The molecule has 0 saturated heterocycles. The van der Waals surface area contributed by atoms with Gasteiger partial charge in [0.25, 0.3) is 6.43 Å². The Balaban J connectivity index is 0.00000312. The molecule has 0 fully saturated rings. The minimum Gasteiger partial charge on any atom is -0.487 e. The Morgan fingerprint density at radius 2 is 1.96 bits per heavy atom. The van der Waals surface area contributed by atoms with Crippen LogP contribution in [0.15, 0.2) is 30.6 Å². The molecule has 11 heteroatoms. The lowest BCUT2D eigenvalue weighted by atomic mass is 10.1. The molecule has 0 atom stereocenters. The van der Waals surface area contributed by atoms with Gasteiger partial charge in [-0.2, -0.15) is 5.10 Å². The number of aromatic nitrogens is 2. The molecule has 2 N–H and O–H groups in total. The van der Waals surface area contributed by atoms with Gasteiger partial charge in [-0.1, -0.05) is 0 Å². The predicted molar refractivity (Wildman–Crippen MR) is 82.1 cm³/mol. The quantitative estimate of drug-likeness (QED) is 0.739. The van der Waals surface area contributed by atoms with Crippen LogP contribution in [-0.2, 0) is 6.54 Å². The number of alkyl halides is 5. The fraction of sp³-hybridized carbons (Fsp3) is 0.357. The third-order valence-corrected chi connectivity index (χ3v) is 2.85. The van der Waals surface area contributed by atoms with E-state index in [1.165, 1.54) is 16.9 Å². The van der Waals surface area contributed by atoms with Gasteiger partial charge in [-0.05, 0) is 12.1 Å².